The van der Waals surface area contributed by atoms with Crippen LogP contribution in [-0.4, -0.2) is 68.8 Å². The summed E-state index contributed by atoms with van der Waals surface area (Å²) in [6, 6.07) is 2.83. The molecule has 37 heavy (non-hydrogen) atoms. The summed E-state index contributed by atoms with van der Waals surface area (Å²) in [6.07, 6.45) is 2.31. The molecule has 0 radical (unpaired) electrons. The molecule has 11 heteroatoms. The number of hydrogen-bond acceptors (Lipinski definition) is 6. The Morgan fingerprint density at radius 3 is 2.46 bits per heavy atom. The SMILES string of the molecule is CC(=O)N(C)C1CC(CN(CO)C(C)C)(n2cc(C(=O)NCc3ccc(F)cc3F)c(=O)c(O)c2C)C1. The number of hydrogen-bond donors (Lipinski definition) is 3. The highest BCUT2D eigenvalue weighted by molar-refractivity contribution is 5.94. The van der Waals surface area contributed by atoms with Gasteiger partial charge in [0, 0.05) is 57.0 Å². The Bertz CT molecular complexity index is 1240. The minimum Gasteiger partial charge on any atom is -0.503 e. The van der Waals surface area contributed by atoms with Crippen LogP contribution in [0.4, 0.5) is 8.78 Å². The molecular weight excluding hydrogens is 486 g/mol. The maximum Gasteiger partial charge on any atom is 0.257 e. The highest BCUT2D eigenvalue weighted by Gasteiger charge is 2.49. The van der Waals surface area contributed by atoms with Gasteiger partial charge in [-0.2, -0.15) is 0 Å². The zero-order valence-corrected chi connectivity index (χ0v) is 21.7. The predicted molar refractivity (Wildman–Crippen MR) is 133 cm³/mol. The Kier molecular flexibility index (Phi) is 8.38. The summed E-state index contributed by atoms with van der Waals surface area (Å²) in [5.74, 6) is -3.11. The van der Waals surface area contributed by atoms with Crippen molar-refractivity contribution in [2.24, 2.45) is 0 Å². The second kappa shape index (κ2) is 11.0. The van der Waals surface area contributed by atoms with E-state index in [0.717, 1.165) is 6.07 Å². The number of nitrogens with one attached hydrogen (secondary N) is 1. The second-order valence-electron chi connectivity index (χ2n) is 9.99. The standard InChI is InChI=1S/C26H34F2N4O5/c1-15(2)31(14-33)13-26(9-20(10-26)30(5)17(4)34)32-12-21(24(36)23(35)16(32)3)25(37)29-11-18-6-7-19(27)8-22(18)28/h6-8,12,15,20,33,35H,9-11,13-14H2,1-5H3,(H,29,37). The van der Waals surface area contributed by atoms with Gasteiger partial charge in [0.1, 0.15) is 17.2 Å². The van der Waals surface area contributed by atoms with Crippen LogP contribution < -0.4 is 10.7 Å². The molecule has 0 saturated heterocycles. The maximum absolute atomic E-state index is 14.0. The minimum atomic E-state index is -0.874. The number of benzene rings is 1. The van der Waals surface area contributed by atoms with Gasteiger partial charge in [-0.05, 0) is 39.7 Å². The summed E-state index contributed by atoms with van der Waals surface area (Å²) in [7, 11) is 1.70. The number of pyridine rings is 1. The molecule has 1 heterocycles. The van der Waals surface area contributed by atoms with Crippen LogP contribution in [0.3, 0.4) is 0 Å². The van der Waals surface area contributed by atoms with Crippen molar-refractivity contribution < 1.29 is 28.6 Å². The summed E-state index contributed by atoms with van der Waals surface area (Å²) in [5, 5.41) is 23.1. The third kappa shape index (κ3) is 5.67. The Morgan fingerprint density at radius 2 is 1.92 bits per heavy atom. The number of aromatic hydroxyl groups is 1. The Hall–Kier alpha value is -3.31. The Balaban J connectivity index is 1.99. The third-order valence-electron chi connectivity index (χ3n) is 7.32. The number of aliphatic hydroxyl groups is 1. The molecule has 1 aromatic heterocycles. The molecule has 1 saturated carbocycles. The fourth-order valence-electron chi connectivity index (χ4n) is 4.80. The van der Waals surface area contributed by atoms with Crippen molar-refractivity contribution in [3.63, 3.8) is 0 Å². The van der Waals surface area contributed by atoms with Crippen LogP contribution in [0.2, 0.25) is 0 Å². The maximum atomic E-state index is 14.0. The molecule has 202 valence electrons. The lowest BCUT2D eigenvalue weighted by molar-refractivity contribution is -0.135. The van der Waals surface area contributed by atoms with E-state index in [4.69, 9.17) is 0 Å². The fraction of sp³-hybridized carbons (Fsp3) is 0.500. The first-order valence-electron chi connectivity index (χ1n) is 12.1. The van der Waals surface area contributed by atoms with Gasteiger partial charge in [-0.3, -0.25) is 19.3 Å². The van der Waals surface area contributed by atoms with Crippen LogP contribution >= 0.6 is 0 Å². The molecule has 1 fully saturated rings. The van der Waals surface area contributed by atoms with Crippen LogP contribution in [0.1, 0.15) is 55.2 Å². The highest BCUT2D eigenvalue weighted by Crippen LogP contribution is 2.44. The molecule has 1 aliphatic carbocycles. The molecule has 1 aromatic carbocycles. The first kappa shape index (κ1) is 28.3. The Labute approximate surface area is 214 Å². The summed E-state index contributed by atoms with van der Waals surface area (Å²) >= 11 is 0. The molecule has 0 atom stereocenters. The van der Waals surface area contributed by atoms with Crippen LogP contribution in [0.5, 0.6) is 5.75 Å². The molecule has 1 aliphatic rings. The van der Waals surface area contributed by atoms with Crippen molar-refractivity contribution in [3.8, 4) is 5.75 Å². The number of aliphatic hydroxyl groups excluding tert-OH is 1. The molecule has 3 N–H and O–H groups in total. The van der Waals surface area contributed by atoms with Gasteiger partial charge in [-0.1, -0.05) is 6.07 Å². The number of nitrogens with zero attached hydrogens (tertiary/aromatic N) is 3. The van der Waals surface area contributed by atoms with Gasteiger partial charge in [-0.25, -0.2) is 8.78 Å². The summed E-state index contributed by atoms with van der Waals surface area (Å²) in [4.78, 5) is 41.2. The van der Waals surface area contributed by atoms with Crippen LogP contribution in [0.15, 0.2) is 29.2 Å². The van der Waals surface area contributed by atoms with E-state index >= 15 is 0 Å². The largest absolute Gasteiger partial charge is 0.503 e. The highest BCUT2D eigenvalue weighted by atomic mass is 19.1. The third-order valence-corrected chi connectivity index (χ3v) is 7.32. The number of carbonyl (C=O) groups excluding carboxylic acids is 2. The molecule has 0 spiro atoms. The number of halogens is 2. The molecule has 0 aliphatic heterocycles. The van der Waals surface area contributed by atoms with E-state index in [2.05, 4.69) is 5.32 Å². The van der Waals surface area contributed by atoms with Crippen LogP contribution in [0, 0.1) is 18.6 Å². The van der Waals surface area contributed by atoms with Gasteiger partial charge < -0.3 is 25.0 Å². The lowest BCUT2D eigenvalue weighted by atomic mass is 9.70. The zero-order chi connectivity index (χ0) is 27.7. The molecule has 0 bridgehead atoms. The topological polar surface area (TPSA) is 115 Å². The lowest BCUT2D eigenvalue weighted by Crippen LogP contribution is -2.62. The number of aromatic nitrogens is 1. The van der Waals surface area contributed by atoms with Gasteiger partial charge in [-0.15, -0.1) is 0 Å². The first-order valence-corrected chi connectivity index (χ1v) is 12.1. The van der Waals surface area contributed by atoms with E-state index < -0.39 is 34.3 Å². The molecule has 2 aromatic rings. The molecule has 0 unspecified atom stereocenters. The number of carbonyl (C=O) groups is 2. The van der Waals surface area contributed by atoms with E-state index in [1.165, 1.54) is 19.2 Å². The van der Waals surface area contributed by atoms with Gasteiger partial charge in [0.25, 0.3) is 5.91 Å². The van der Waals surface area contributed by atoms with E-state index in [-0.39, 0.29) is 48.1 Å². The van der Waals surface area contributed by atoms with E-state index in [1.807, 2.05) is 18.7 Å². The average Bonchev–Trinajstić information content (AvgIpc) is 2.81. The van der Waals surface area contributed by atoms with Crippen molar-refractivity contribution >= 4 is 11.8 Å². The van der Waals surface area contributed by atoms with E-state index in [9.17, 15) is 33.4 Å². The van der Waals surface area contributed by atoms with E-state index in [0.29, 0.717) is 25.5 Å². The fourth-order valence-corrected chi connectivity index (χ4v) is 4.80. The first-order chi connectivity index (χ1) is 17.3. The van der Waals surface area contributed by atoms with Crippen molar-refractivity contribution in [1.29, 1.82) is 0 Å². The molecule has 2 amide bonds. The van der Waals surface area contributed by atoms with Crippen LogP contribution in [-0.2, 0) is 16.9 Å². The molecule has 3 rings (SSSR count). The zero-order valence-electron chi connectivity index (χ0n) is 21.7. The van der Waals surface area contributed by atoms with Crippen molar-refractivity contribution in [2.45, 2.75) is 64.7 Å². The second-order valence-corrected chi connectivity index (χ2v) is 9.99. The predicted octanol–water partition coefficient (Wildman–Crippen LogP) is 2.07. The van der Waals surface area contributed by atoms with E-state index in [1.54, 1.807) is 23.4 Å². The Morgan fingerprint density at radius 1 is 1.27 bits per heavy atom. The summed E-state index contributed by atoms with van der Waals surface area (Å²) in [6.45, 7) is 6.70. The molecule has 9 nitrogen and oxygen atoms in total. The van der Waals surface area contributed by atoms with Crippen molar-refractivity contribution in [3.05, 3.63) is 63.1 Å². The molecular formula is C26H34F2N4O5. The summed E-state index contributed by atoms with van der Waals surface area (Å²) < 4.78 is 28.9. The van der Waals surface area contributed by atoms with Crippen molar-refractivity contribution in [2.75, 3.05) is 20.3 Å². The van der Waals surface area contributed by atoms with Gasteiger partial charge >= 0.3 is 0 Å². The average molecular weight is 521 g/mol. The van der Waals surface area contributed by atoms with Crippen molar-refractivity contribution in [1.82, 2.24) is 19.7 Å². The van der Waals surface area contributed by atoms with Crippen LogP contribution in [0.25, 0.3) is 0 Å². The lowest BCUT2D eigenvalue weighted by Gasteiger charge is -2.54. The monoisotopic (exact) mass is 520 g/mol. The smallest absolute Gasteiger partial charge is 0.257 e. The van der Waals surface area contributed by atoms with Gasteiger partial charge in [0.05, 0.1) is 18.0 Å². The minimum absolute atomic E-state index is 0.0203. The normalized spacial score (nSPS) is 19.1. The van der Waals surface area contributed by atoms with Gasteiger partial charge in [0.2, 0.25) is 11.3 Å². The number of amides is 2. The number of rotatable bonds is 9. The summed E-state index contributed by atoms with van der Waals surface area (Å²) in [5.41, 5.74) is -1.66. The quantitative estimate of drug-likeness (QED) is 0.436. The van der Waals surface area contributed by atoms with Gasteiger partial charge in [0.15, 0.2) is 5.75 Å².